The van der Waals surface area contributed by atoms with E-state index in [1.54, 1.807) is 18.3 Å². The van der Waals surface area contributed by atoms with Gasteiger partial charge < -0.3 is 4.98 Å². The Morgan fingerprint density at radius 3 is 2.93 bits per heavy atom. The Morgan fingerprint density at radius 2 is 2.14 bits per heavy atom. The maximum atomic E-state index is 13.4. The van der Waals surface area contributed by atoms with Gasteiger partial charge in [0.25, 0.3) is 0 Å². The molecular weight excluding hydrogens is 351 g/mol. The van der Waals surface area contributed by atoms with Gasteiger partial charge >= 0.3 is 0 Å². The lowest BCUT2D eigenvalue weighted by Crippen LogP contribution is -2.40. The largest absolute Gasteiger partial charge is 0.326 e. The van der Waals surface area contributed by atoms with Gasteiger partial charge in [0.2, 0.25) is 5.56 Å². The summed E-state index contributed by atoms with van der Waals surface area (Å²) < 4.78 is 13.4. The minimum Gasteiger partial charge on any atom is -0.326 e. The van der Waals surface area contributed by atoms with Crippen LogP contribution in [0.4, 0.5) is 4.39 Å². The van der Waals surface area contributed by atoms with Crippen molar-refractivity contribution >= 4 is 12.3 Å². The van der Waals surface area contributed by atoms with E-state index in [1.165, 1.54) is 23.3 Å². The van der Waals surface area contributed by atoms with Crippen molar-refractivity contribution in [3.63, 3.8) is 0 Å². The van der Waals surface area contributed by atoms with Crippen LogP contribution >= 0.6 is 0 Å². The predicted molar refractivity (Wildman–Crippen MR) is 112 cm³/mol. The zero-order valence-electron chi connectivity index (χ0n) is 16.1. The first-order valence-electron chi connectivity index (χ1n) is 9.56. The number of benzene rings is 1. The SMILES string of the molecule is C/C=C1\[C@H]2C=C(C)C[C@]1(N=CC=Cc1cccc(F)c1)c1ccc(=O)[nH]c1C2. The zero-order valence-corrected chi connectivity index (χ0v) is 16.1. The molecule has 0 amide bonds. The molecule has 1 N–H and O–H groups in total. The first kappa shape index (κ1) is 18.4. The Labute approximate surface area is 164 Å². The fourth-order valence-electron chi connectivity index (χ4n) is 4.59. The number of aromatic amines is 1. The summed E-state index contributed by atoms with van der Waals surface area (Å²) in [5.74, 6) is -0.0106. The molecule has 0 fully saturated rings. The lowest BCUT2D eigenvalue weighted by Gasteiger charge is -2.45. The van der Waals surface area contributed by atoms with Gasteiger partial charge in [-0.2, -0.15) is 0 Å². The van der Waals surface area contributed by atoms with E-state index in [0.717, 1.165) is 29.7 Å². The average molecular weight is 374 g/mol. The summed E-state index contributed by atoms with van der Waals surface area (Å²) in [6.45, 7) is 4.20. The highest BCUT2D eigenvalue weighted by Crippen LogP contribution is 2.51. The molecule has 142 valence electrons. The number of pyridine rings is 1. The van der Waals surface area contributed by atoms with Crippen molar-refractivity contribution in [2.45, 2.75) is 32.2 Å². The second kappa shape index (κ2) is 7.19. The van der Waals surface area contributed by atoms with Gasteiger partial charge in [-0.3, -0.25) is 9.79 Å². The quantitative estimate of drug-likeness (QED) is 0.599. The maximum absolute atomic E-state index is 13.4. The van der Waals surface area contributed by atoms with Gasteiger partial charge in [0.1, 0.15) is 11.4 Å². The van der Waals surface area contributed by atoms with Crippen LogP contribution < -0.4 is 5.56 Å². The lowest BCUT2D eigenvalue weighted by atomic mass is 9.63. The highest BCUT2D eigenvalue weighted by atomic mass is 19.1. The smallest absolute Gasteiger partial charge is 0.248 e. The number of hydrogen-bond donors (Lipinski definition) is 1. The van der Waals surface area contributed by atoms with E-state index in [-0.39, 0.29) is 17.3 Å². The second-order valence-electron chi connectivity index (χ2n) is 7.51. The number of nitrogens with one attached hydrogen (secondary N) is 1. The summed E-state index contributed by atoms with van der Waals surface area (Å²) in [4.78, 5) is 19.9. The molecule has 2 aromatic rings. The Balaban J connectivity index is 1.77. The van der Waals surface area contributed by atoms with Crippen LogP contribution in [-0.2, 0) is 12.0 Å². The van der Waals surface area contributed by atoms with E-state index < -0.39 is 5.54 Å². The molecule has 0 radical (unpaired) electrons. The van der Waals surface area contributed by atoms with Gasteiger partial charge in [-0.15, -0.1) is 0 Å². The summed E-state index contributed by atoms with van der Waals surface area (Å²) in [6, 6.07) is 9.97. The van der Waals surface area contributed by atoms with Crippen molar-refractivity contribution < 1.29 is 4.39 Å². The zero-order chi connectivity index (χ0) is 19.7. The van der Waals surface area contributed by atoms with Gasteiger partial charge in [0, 0.05) is 35.9 Å². The number of nitrogens with zero attached hydrogens (tertiary/aromatic N) is 1. The van der Waals surface area contributed by atoms with Gasteiger partial charge in [-0.25, -0.2) is 4.39 Å². The fraction of sp³-hybridized carbons (Fsp3) is 0.250. The predicted octanol–water partition coefficient (Wildman–Crippen LogP) is 4.96. The van der Waals surface area contributed by atoms with Crippen LogP contribution in [0.2, 0.25) is 0 Å². The third-order valence-electron chi connectivity index (χ3n) is 5.60. The van der Waals surface area contributed by atoms with E-state index in [4.69, 9.17) is 4.99 Å². The van der Waals surface area contributed by atoms with Gasteiger partial charge in [-0.1, -0.05) is 35.9 Å². The number of halogens is 1. The van der Waals surface area contributed by atoms with Crippen LogP contribution in [0.5, 0.6) is 0 Å². The third-order valence-corrected chi connectivity index (χ3v) is 5.60. The molecule has 1 aromatic heterocycles. The number of aromatic nitrogens is 1. The third kappa shape index (κ3) is 3.19. The average Bonchev–Trinajstić information content (AvgIpc) is 2.64. The Kier molecular flexibility index (Phi) is 4.71. The molecular formula is C24H23FN2O. The van der Waals surface area contributed by atoms with Crippen molar-refractivity contribution in [1.82, 2.24) is 4.98 Å². The molecule has 2 bridgehead atoms. The Hall–Kier alpha value is -3.01. The molecule has 0 spiro atoms. The highest BCUT2D eigenvalue weighted by molar-refractivity contribution is 5.79. The van der Waals surface area contributed by atoms with Crippen LogP contribution in [0.1, 0.15) is 37.1 Å². The minimum absolute atomic E-state index is 0.0772. The minimum atomic E-state index is -0.498. The monoisotopic (exact) mass is 374 g/mol. The molecule has 2 atom stereocenters. The van der Waals surface area contributed by atoms with Gasteiger partial charge in [-0.05, 0) is 55.7 Å². The molecule has 3 nitrogen and oxygen atoms in total. The standard InChI is InChI=1S/C24H23FN2O/c1-3-20-18-12-16(2)15-24(20,21-9-10-23(28)27-22(21)14-18)26-11-5-7-17-6-4-8-19(25)13-17/h3-13,18H,14-15H2,1-2H3,(H,27,28)/b7-5?,20-3+,26-11?/t18-,24+/m0/s1. The molecule has 0 saturated carbocycles. The molecule has 2 aliphatic carbocycles. The van der Waals surface area contributed by atoms with Crippen LogP contribution in [0.15, 0.2) is 75.6 Å². The van der Waals surface area contributed by atoms with Crippen molar-refractivity contribution in [3.05, 3.63) is 98.8 Å². The van der Waals surface area contributed by atoms with Crippen molar-refractivity contribution in [3.8, 4) is 0 Å². The van der Waals surface area contributed by atoms with E-state index in [2.05, 4.69) is 31.0 Å². The molecule has 0 aliphatic heterocycles. The maximum Gasteiger partial charge on any atom is 0.248 e. The topological polar surface area (TPSA) is 45.2 Å². The van der Waals surface area contributed by atoms with Crippen LogP contribution in [0.3, 0.4) is 0 Å². The van der Waals surface area contributed by atoms with Crippen molar-refractivity contribution in [2.75, 3.05) is 0 Å². The highest BCUT2D eigenvalue weighted by Gasteiger charge is 2.46. The van der Waals surface area contributed by atoms with E-state index in [1.807, 2.05) is 24.3 Å². The molecule has 0 saturated heterocycles. The number of aliphatic imine (C=N–C) groups is 1. The molecule has 4 rings (SSSR count). The summed E-state index contributed by atoms with van der Waals surface area (Å²) in [5, 5.41) is 0. The first-order chi connectivity index (χ1) is 13.5. The van der Waals surface area contributed by atoms with Gasteiger partial charge in [0.05, 0.1) is 0 Å². The van der Waals surface area contributed by atoms with Crippen LogP contribution in [0, 0.1) is 11.7 Å². The van der Waals surface area contributed by atoms with Crippen LogP contribution in [-0.4, -0.2) is 11.2 Å². The summed E-state index contributed by atoms with van der Waals surface area (Å²) in [6.07, 6.45) is 11.5. The fourth-order valence-corrected chi connectivity index (χ4v) is 4.59. The molecule has 2 aliphatic rings. The molecule has 4 heteroatoms. The summed E-state index contributed by atoms with van der Waals surface area (Å²) in [7, 11) is 0. The number of allylic oxidation sites excluding steroid dienone is 3. The van der Waals surface area contributed by atoms with Gasteiger partial charge in [0.15, 0.2) is 0 Å². The molecule has 1 aromatic carbocycles. The summed E-state index contributed by atoms with van der Waals surface area (Å²) in [5.41, 5.74) is 4.83. The number of rotatable bonds is 3. The molecule has 1 heterocycles. The van der Waals surface area contributed by atoms with Crippen LogP contribution in [0.25, 0.3) is 6.08 Å². The Morgan fingerprint density at radius 1 is 1.29 bits per heavy atom. The summed E-state index contributed by atoms with van der Waals surface area (Å²) >= 11 is 0. The Bertz CT molecular complexity index is 1090. The van der Waals surface area contributed by atoms with Crippen molar-refractivity contribution in [2.24, 2.45) is 10.9 Å². The number of fused-ring (bicyclic) bond motifs is 4. The molecule has 28 heavy (non-hydrogen) atoms. The molecule has 0 unspecified atom stereocenters. The van der Waals surface area contributed by atoms with E-state index in [9.17, 15) is 9.18 Å². The number of H-pyrrole nitrogens is 1. The van der Waals surface area contributed by atoms with Crippen molar-refractivity contribution in [1.29, 1.82) is 0 Å². The van der Waals surface area contributed by atoms with E-state index >= 15 is 0 Å². The number of hydrogen-bond acceptors (Lipinski definition) is 2. The normalized spacial score (nSPS) is 25.3. The lowest BCUT2D eigenvalue weighted by molar-refractivity contribution is 0.413. The van der Waals surface area contributed by atoms with E-state index in [0.29, 0.717) is 0 Å². The second-order valence-corrected chi connectivity index (χ2v) is 7.51. The first-order valence-corrected chi connectivity index (χ1v) is 9.56.